The monoisotopic (exact) mass is 377 g/mol. The SMILES string of the molecule is Cc1c(C)n(Cc2ccncc2)c2c(OCc3ccc(Cl)cc3)ccnc12. The molecule has 136 valence electrons. The molecule has 0 amide bonds. The Morgan fingerprint density at radius 3 is 2.41 bits per heavy atom. The van der Waals surface area contributed by atoms with Crippen LogP contribution >= 0.6 is 11.6 Å². The fourth-order valence-corrected chi connectivity index (χ4v) is 3.37. The third kappa shape index (κ3) is 3.53. The van der Waals surface area contributed by atoms with Gasteiger partial charge in [-0.05, 0) is 54.8 Å². The Bertz CT molecular complexity index is 1070. The summed E-state index contributed by atoms with van der Waals surface area (Å²) < 4.78 is 8.44. The van der Waals surface area contributed by atoms with Crippen LogP contribution in [-0.4, -0.2) is 14.5 Å². The van der Waals surface area contributed by atoms with Crippen molar-refractivity contribution >= 4 is 22.6 Å². The van der Waals surface area contributed by atoms with E-state index in [0.29, 0.717) is 6.61 Å². The third-order valence-corrected chi connectivity index (χ3v) is 5.11. The van der Waals surface area contributed by atoms with Gasteiger partial charge in [-0.25, -0.2) is 0 Å². The van der Waals surface area contributed by atoms with Crippen molar-refractivity contribution in [1.82, 2.24) is 14.5 Å². The molecule has 0 N–H and O–H groups in total. The Balaban J connectivity index is 1.72. The maximum atomic E-state index is 6.18. The third-order valence-electron chi connectivity index (χ3n) is 4.86. The summed E-state index contributed by atoms with van der Waals surface area (Å²) >= 11 is 5.97. The van der Waals surface area contributed by atoms with E-state index in [1.54, 1.807) is 0 Å². The first-order valence-corrected chi connectivity index (χ1v) is 9.22. The molecule has 0 aliphatic rings. The standard InChI is InChI=1S/C22H20ClN3O/c1-15-16(2)26(13-17-7-10-24-11-8-17)22-20(9-12-25-21(15)22)27-14-18-3-5-19(23)6-4-18/h3-12H,13-14H2,1-2H3. The van der Waals surface area contributed by atoms with E-state index in [9.17, 15) is 0 Å². The molecule has 4 rings (SSSR count). The highest BCUT2D eigenvalue weighted by atomic mass is 35.5. The van der Waals surface area contributed by atoms with Gasteiger partial charge in [0, 0.05) is 41.9 Å². The molecule has 0 unspecified atom stereocenters. The van der Waals surface area contributed by atoms with E-state index in [1.807, 2.05) is 61.1 Å². The number of aryl methyl sites for hydroxylation is 1. The first kappa shape index (κ1) is 17.6. The van der Waals surface area contributed by atoms with Crippen molar-refractivity contribution < 1.29 is 4.74 Å². The van der Waals surface area contributed by atoms with Crippen LogP contribution in [0.25, 0.3) is 11.0 Å². The number of fused-ring (bicyclic) bond motifs is 1. The lowest BCUT2D eigenvalue weighted by molar-refractivity contribution is 0.308. The lowest BCUT2D eigenvalue weighted by atomic mass is 10.2. The van der Waals surface area contributed by atoms with Crippen LogP contribution in [0.2, 0.25) is 5.02 Å². The molecule has 3 aromatic heterocycles. The Labute approximate surface area is 163 Å². The molecule has 0 saturated carbocycles. The molecular weight excluding hydrogens is 358 g/mol. The van der Waals surface area contributed by atoms with Gasteiger partial charge in [0.15, 0.2) is 0 Å². The summed E-state index contributed by atoms with van der Waals surface area (Å²) in [4.78, 5) is 8.71. The first-order chi connectivity index (χ1) is 13.1. The van der Waals surface area contributed by atoms with Gasteiger partial charge >= 0.3 is 0 Å². The molecule has 0 aliphatic heterocycles. The second-order valence-corrected chi connectivity index (χ2v) is 7.01. The zero-order valence-corrected chi connectivity index (χ0v) is 16.1. The van der Waals surface area contributed by atoms with E-state index in [4.69, 9.17) is 16.3 Å². The summed E-state index contributed by atoms with van der Waals surface area (Å²) in [6, 6.07) is 13.7. The summed E-state index contributed by atoms with van der Waals surface area (Å²) in [6.45, 7) is 5.47. The average molecular weight is 378 g/mol. The van der Waals surface area contributed by atoms with E-state index >= 15 is 0 Å². The number of hydrogen-bond donors (Lipinski definition) is 0. The predicted molar refractivity (Wildman–Crippen MR) is 108 cm³/mol. The molecule has 0 saturated heterocycles. The lowest BCUT2D eigenvalue weighted by Crippen LogP contribution is -2.04. The Hall–Kier alpha value is -2.85. The molecule has 0 spiro atoms. The van der Waals surface area contributed by atoms with E-state index in [-0.39, 0.29) is 0 Å². The van der Waals surface area contributed by atoms with E-state index in [0.717, 1.165) is 33.9 Å². The molecule has 0 atom stereocenters. The van der Waals surface area contributed by atoms with Gasteiger partial charge in [0.2, 0.25) is 0 Å². The second kappa shape index (κ2) is 7.41. The fourth-order valence-electron chi connectivity index (χ4n) is 3.24. The summed E-state index contributed by atoms with van der Waals surface area (Å²) in [7, 11) is 0. The maximum Gasteiger partial charge on any atom is 0.147 e. The minimum Gasteiger partial charge on any atom is -0.487 e. The van der Waals surface area contributed by atoms with Crippen molar-refractivity contribution in [1.29, 1.82) is 0 Å². The van der Waals surface area contributed by atoms with Crippen LogP contribution in [0.15, 0.2) is 61.1 Å². The van der Waals surface area contributed by atoms with Crippen LogP contribution in [0.1, 0.15) is 22.4 Å². The summed E-state index contributed by atoms with van der Waals surface area (Å²) in [6.07, 6.45) is 5.45. The molecule has 0 fully saturated rings. The molecule has 0 bridgehead atoms. The van der Waals surface area contributed by atoms with Gasteiger partial charge < -0.3 is 9.30 Å². The number of halogens is 1. The van der Waals surface area contributed by atoms with Gasteiger partial charge in [0.1, 0.15) is 17.9 Å². The van der Waals surface area contributed by atoms with E-state index in [1.165, 1.54) is 16.8 Å². The number of rotatable bonds is 5. The topological polar surface area (TPSA) is 39.9 Å². The summed E-state index contributed by atoms with van der Waals surface area (Å²) in [5, 5.41) is 0.725. The highest BCUT2D eigenvalue weighted by Crippen LogP contribution is 2.32. The molecule has 1 aromatic carbocycles. The molecule has 5 heteroatoms. The minimum atomic E-state index is 0.481. The van der Waals surface area contributed by atoms with E-state index in [2.05, 4.69) is 28.4 Å². The Morgan fingerprint density at radius 1 is 0.926 bits per heavy atom. The van der Waals surface area contributed by atoms with Crippen molar-refractivity contribution in [2.45, 2.75) is 27.0 Å². The Kier molecular flexibility index (Phi) is 4.82. The molecular formula is C22H20ClN3O. The quantitative estimate of drug-likeness (QED) is 0.472. The smallest absolute Gasteiger partial charge is 0.147 e. The number of hydrogen-bond acceptors (Lipinski definition) is 3. The normalized spacial score (nSPS) is 11.1. The van der Waals surface area contributed by atoms with Crippen LogP contribution in [0.3, 0.4) is 0 Å². The second-order valence-electron chi connectivity index (χ2n) is 6.57. The van der Waals surface area contributed by atoms with Crippen LogP contribution in [-0.2, 0) is 13.2 Å². The Morgan fingerprint density at radius 2 is 1.67 bits per heavy atom. The van der Waals surface area contributed by atoms with Gasteiger partial charge in [-0.15, -0.1) is 0 Å². The largest absolute Gasteiger partial charge is 0.487 e. The summed E-state index contributed by atoms with van der Waals surface area (Å²) in [5.74, 6) is 0.834. The summed E-state index contributed by atoms with van der Waals surface area (Å²) in [5.41, 5.74) is 6.64. The number of benzene rings is 1. The van der Waals surface area contributed by atoms with Gasteiger partial charge in [-0.2, -0.15) is 0 Å². The highest BCUT2D eigenvalue weighted by Gasteiger charge is 2.16. The predicted octanol–water partition coefficient (Wildman–Crippen LogP) is 5.33. The number of aromatic nitrogens is 3. The molecule has 0 radical (unpaired) electrons. The average Bonchev–Trinajstić information content (AvgIpc) is 2.94. The van der Waals surface area contributed by atoms with Crippen molar-refractivity contribution in [3.05, 3.63) is 88.5 Å². The van der Waals surface area contributed by atoms with Crippen LogP contribution in [0.5, 0.6) is 5.75 Å². The first-order valence-electron chi connectivity index (χ1n) is 8.84. The zero-order chi connectivity index (χ0) is 18.8. The molecule has 4 nitrogen and oxygen atoms in total. The number of ether oxygens (including phenoxy) is 1. The molecule has 0 aliphatic carbocycles. The fraction of sp³-hybridized carbons (Fsp3) is 0.182. The van der Waals surface area contributed by atoms with Gasteiger partial charge in [0.05, 0.1) is 5.52 Å². The lowest BCUT2D eigenvalue weighted by Gasteiger charge is -2.13. The van der Waals surface area contributed by atoms with Crippen molar-refractivity contribution in [3.8, 4) is 5.75 Å². The van der Waals surface area contributed by atoms with Gasteiger partial charge in [-0.1, -0.05) is 23.7 Å². The minimum absolute atomic E-state index is 0.481. The van der Waals surface area contributed by atoms with Crippen LogP contribution < -0.4 is 4.74 Å². The molecule has 3 heterocycles. The molecule has 4 aromatic rings. The zero-order valence-electron chi connectivity index (χ0n) is 15.3. The maximum absolute atomic E-state index is 6.18. The van der Waals surface area contributed by atoms with Gasteiger partial charge in [0.25, 0.3) is 0 Å². The van der Waals surface area contributed by atoms with Crippen molar-refractivity contribution in [2.75, 3.05) is 0 Å². The number of pyridine rings is 2. The van der Waals surface area contributed by atoms with Crippen molar-refractivity contribution in [3.63, 3.8) is 0 Å². The molecule has 27 heavy (non-hydrogen) atoms. The van der Waals surface area contributed by atoms with E-state index < -0.39 is 0 Å². The van der Waals surface area contributed by atoms with Gasteiger partial charge in [-0.3, -0.25) is 9.97 Å². The number of nitrogens with zero attached hydrogens (tertiary/aromatic N) is 3. The highest BCUT2D eigenvalue weighted by molar-refractivity contribution is 6.30. The van der Waals surface area contributed by atoms with Crippen LogP contribution in [0.4, 0.5) is 0 Å². The van der Waals surface area contributed by atoms with Crippen LogP contribution in [0, 0.1) is 13.8 Å². The van der Waals surface area contributed by atoms with Crippen molar-refractivity contribution in [2.24, 2.45) is 0 Å².